The Morgan fingerprint density at radius 1 is 1.42 bits per heavy atom. The van der Waals surface area contributed by atoms with E-state index in [-0.39, 0.29) is 17.8 Å². The Hall–Kier alpha value is -1.62. The van der Waals surface area contributed by atoms with Crippen LogP contribution in [0.15, 0.2) is 45.5 Å². The van der Waals surface area contributed by atoms with Crippen molar-refractivity contribution in [3.63, 3.8) is 0 Å². The van der Waals surface area contributed by atoms with Crippen LogP contribution in [0.4, 0.5) is 4.39 Å². The van der Waals surface area contributed by atoms with Crippen LogP contribution in [0.5, 0.6) is 0 Å². The van der Waals surface area contributed by atoms with Crippen LogP contribution in [0.2, 0.25) is 0 Å². The van der Waals surface area contributed by atoms with Crippen LogP contribution in [0, 0.1) is 5.82 Å². The highest BCUT2D eigenvalue weighted by atomic mass is 79.9. The minimum Gasteiger partial charge on any atom is -0.467 e. The topological polar surface area (TPSA) is 33.5 Å². The van der Waals surface area contributed by atoms with Crippen LogP contribution in [0.3, 0.4) is 0 Å². The predicted octanol–water partition coefficient (Wildman–Crippen LogP) is 4.01. The van der Waals surface area contributed by atoms with Crippen molar-refractivity contribution in [3.05, 3.63) is 58.2 Å². The normalized spacial score (nSPS) is 12.2. The first-order valence-electron chi connectivity index (χ1n) is 5.76. The van der Waals surface area contributed by atoms with Gasteiger partial charge in [0.25, 0.3) is 5.91 Å². The van der Waals surface area contributed by atoms with Crippen LogP contribution in [-0.4, -0.2) is 17.9 Å². The molecule has 19 heavy (non-hydrogen) atoms. The van der Waals surface area contributed by atoms with Crippen molar-refractivity contribution in [2.24, 2.45) is 0 Å². The molecule has 2 rings (SSSR count). The molecule has 0 N–H and O–H groups in total. The molecule has 1 atom stereocenters. The van der Waals surface area contributed by atoms with Crippen molar-refractivity contribution < 1.29 is 13.6 Å². The number of benzene rings is 1. The molecule has 0 saturated carbocycles. The third kappa shape index (κ3) is 2.87. The van der Waals surface area contributed by atoms with E-state index in [1.54, 1.807) is 24.3 Å². The van der Waals surface area contributed by atoms with E-state index in [4.69, 9.17) is 4.42 Å². The Balaban J connectivity index is 2.24. The van der Waals surface area contributed by atoms with Crippen LogP contribution < -0.4 is 0 Å². The van der Waals surface area contributed by atoms with Gasteiger partial charge in [0.15, 0.2) is 0 Å². The second-order valence-corrected chi connectivity index (χ2v) is 5.09. The molecule has 2 aromatic rings. The maximum atomic E-state index is 13.0. The van der Waals surface area contributed by atoms with Crippen molar-refractivity contribution in [2.75, 3.05) is 7.05 Å². The fraction of sp³-hybridized carbons (Fsp3) is 0.214. The Labute approximate surface area is 119 Å². The van der Waals surface area contributed by atoms with Crippen molar-refractivity contribution in [1.29, 1.82) is 0 Å². The number of carbonyl (C=O) groups excluding carboxylic acids is 1. The summed E-state index contributed by atoms with van der Waals surface area (Å²) < 4.78 is 18.8. The van der Waals surface area contributed by atoms with Gasteiger partial charge in [0, 0.05) is 11.5 Å². The molecule has 0 spiro atoms. The van der Waals surface area contributed by atoms with Gasteiger partial charge in [-0.1, -0.05) is 0 Å². The van der Waals surface area contributed by atoms with Crippen molar-refractivity contribution in [1.82, 2.24) is 4.90 Å². The van der Waals surface area contributed by atoms with E-state index in [0.29, 0.717) is 15.8 Å². The van der Waals surface area contributed by atoms with Crippen LogP contribution in [-0.2, 0) is 0 Å². The van der Waals surface area contributed by atoms with Crippen LogP contribution in [0.1, 0.15) is 29.1 Å². The molecule has 3 nitrogen and oxygen atoms in total. The molecule has 0 saturated heterocycles. The predicted molar refractivity (Wildman–Crippen MR) is 73.3 cm³/mol. The summed E-state index contributed by atoms with van der Waals surface area (Å²) >= 11 is 3.20. The summed E-state index contributed by atoms with van der Waals surface area (Å²) in [5.41, 5.74) is 0.419. The lowest BCUT2D eigenvalue weighted by Crippen LogP contribution is -2.29. The number of halogens is 2. The van der Waals surface area contributed by atoms with Gasteiger partial charge in [0.1, 0.15) is 11.6 Å². The molecule has 0 bridgehead atoms. The Morgan fingerprint density at radius 3 is 2.74 bits per heavy atom. The van der Waals surface area contributed by atoms with E-state index in [9.17, 15) is 9.18 Å². The molecule has 1 heterocycles. The zero-order valence-corrected chi connectivity index (χ0v) is 12.1. The van der Waals surface area contributed by atoms with Crippen molar-refractivity contribution in [3.8, 4) is 0 Å². The molecule has 0 radical (unpaired) electrons. The molecule has 1 unspecified atom stereocenters. The third-order valence-electron chi connectivity index (χ3n) is 3.02. The second kappa shape index (κ2) is 5.57. The van der Waals surface area contributed by atoms with Gasteiger partial charge in [0.05, 0.1) is 17.9 Å². The van der Waals surface area contributed by atoms with E-state index >= 15 is 0 Å². The summed E-state index contributed by atoms with van der Waals surface area (Å²) in [5.74, 6) is 0.120. The molecule has 1 aromatic carbocycles. The number of hydrogen-bond donors (Lipinski definition) is 0. The van der Waals surface area contributed by atoms with Crippen molar-refractivity contribution >= 4 is 21.8 Å². The zero-order chi connectivity index (χ0) is 14.0. The van der Waals surface area contributed by atoms with E-state index < -0.39 is 0 Å². The summed E-state index contributed by atoms with van der Waals surface area (Å²) in [6, 6.07) is 7.40. The highest BCUT2D eigenvalue weighted by Crippen LogP contribution is 2.24. The Morgan fingerprint density at radius 2 is 2.16 bits per heavy atom. The number of hydrogen-bond acceptors (Lipinski definition) is 2. The third-order valence-corrected chi connectivity index (χ3v) is 3.67. The minimum atomic E-state index is -0.384. The lowest BCUT2D eigenvalue weighted by atomic mass is 10.1. The smallest absolute Gasteiger partial charge is 0.255 e. The van der Waals surface area contributed by atoms with Crippen molar-refractivity contribution in [2.45, 2.75) is 13.0 Å². The maximum absolute atomic E-state index is 13.0. The van der Waals surface area contributed by atoms with E-state index in [0.717, 1.165) is 0 Å². The molecule has 100 valence electrons. The lowest BCUT2D eigenvalue weighted by Gasteiger charge is -2.23. The van der Waals surface area contributed by atoms with Gasteiger partial charge in [-0.25, -0.2) is 4.39 Å². The highest BCUT2D eigenvalue weighted by Gasteiger charge is 2.22. The largest absolute Gasteiger partial charge is 0.467 e. The summed E-state index contributed by atoms with van der Waals surface area (Å²) in [6.07, 6.45) is 1.57. The first-order valence-corrected chi connectivity index (χ1v) is 6.55. The zero-order valence-electron chi connectivity index (χ0n) is 10.6. The second-order valence-electron chi connectivity index (χ2n) is 4.23. The summed E-state index contributed by atoms with van der Waals surface area (Å²) in [4.78, 5) is 13.9. The summed E-state index contributed by atoms with van der Waals surface area (Å²) in [6.45, 7) is 1.87. The average Bonchev–Trinajstić information content (AvgIpc) is 2.90. The molecule has 5 heteroatoms. The van der Waals surface area contributed by atoms with Gasteiger partial charge in [-0.15, -0.1) is 0 Å². The summed E-state index contributed by atoms with van der Waals surface area (Å²) in [5, 5.41) is 0. The minimum absolute atomic E-state index is 0.195. The first kappa shape index (κ1) is 13.8. The summed E-state index contributed by atoms with van der Waals surface area (Å²) in [7, 11) is 1.69. The van der Waals surface area contributed by atoms with Crippen LogP contribution >= 0.6 is 15.9 Å². The molecule has 0 fully saturated rings. The molecular formula is C14H13BrFNO2. The molecule has 0 aliphatic heterocycles. The number of furan rings is 1. The van der Waals surface area contributed by atoms with E-state index in [1.165, 1.54) is 18.2 Å². The SMILES string of the molecule is CC(c1ccco1)N(C)C(=O)c1ccc(F)cc1Br. The monoisotopic (exact) mass is 325 g/mol. The molecule has 1 amide bonds. The fourth-order valence-corrected chi connectivity index (χ4v) is 2.27. The van der Waals surface area contributed by atoms with Gasteiger partial charge < -0.3 is 9.32 Å². The maximum Gasteiger partial charge on any atom is 0.255 e. The van der Waals surface area contributed by atoms with Gasteiger partial charge in [0.2, 0.25) is 0 Å². The van der Waals surface area contributed by atoms with E-state index in [1.807, 2.05) is 13.0 Å². The number of nitrogens with zero attached hydrogens (tertiary/aromatic N) is 1. The number of amides is 1. The van der Waals surface area contributed by atoms with Crippen LogP contribution in [0.25, 0.3) is 0 Å². The molecule has 0 aliphatic rings. The number of carbonyl (C=O) groups is 1. The first-order chi connectivity index (χ1) is 9.00. The van der Waals surface area contributed by atoms with E-state index in [2.05, 4.69) is 15.9 Å². The average molecular weight is 326 g/mol. The number of rotatable bonds is 3. The Kier molecular flexibility index (Phi) is 4.04. The quantitative estimate of drug-likeness (QED) is 0.854. The fourth-order valence-electron chi connectivity index (χ4n) is 1.75. The Bertz CT molecular complexity index is 583. The molecule has 0 aliphatic carbocycles. The molecule has 1 aromatic heterocycles. The highest BCUT2D eigenvalue weighted by molar-refractivity contribution is 9.10. The lowest BCUT2D eigenvalue weighted by molar-refractivity contribution is 0.0725. The van der Waals surface area contributed by atoms with Gasteiger partial charge in [-0.3, -0.25) is 4.79 Å². The van der Waals surface area contributed by atoms with Gasteiger partial charge >= 0.3 is 0 Å². The molecular weight excluding hydrogens is 313 g/mol. The van der Waals surface area contributed by atoms with Gasteiger partial charge in [-0.05, 0) is 53.2 Å². The standard InChI is InChI=1S/C14H13BrFNO2/c1-9(13-4-3-7-19-13)17(2)14(18)11-6-5-10(16)8-12(11)15/h3-9H,1-2H3. The van der Waals surface area contributed by atoms with Gasteiger partial charge in [-0.2, -0.15) is 0 Å².